The highest BCUT2D eigenvalue weighted by Crippen LogP contribution is 2.32. The lowest BCUT2D eigenvalue weighted by molar-refractivity contribution is -0.140. The van der Waals surface area contributed by atoms with Gasteiger partial charge in [0.1, 0.15) is 0 Å². The van der Waals surface area contributed by atoms with Gasteiger partial charge in [-0.15, -0.1) is 0 Å². The van der Waals surface area contributed by atoms with E-state index in [-0.39, 0.29) is 0 Å². The van der Waals surface area contributed by atoms with Crippen LogP contribution < -0.4 is 0 Å². The summed E-state index contributed by atoms with van der Waals surface area (Å²) < 4.78 is 61.5. The first kappa shape index (κ1) is 10.9. The fourth-order valence-corrected chi connectivity index (χ4v) is 0.930. The lowest BCUT2D eigenvalue weighted by Gasteiger charge is -2.09. The molecule has 0 aliphatic rings. The molecule has 0 fully saturated rings. The SMILES string of the molecule is OCc1ccc(C(F)(F)F)c(F)c1F. The zero-order valence-corrected chi connectivity index (χ0v) is 6.70. The normalized spacial score (nSPS) is 11.9. The predicted molar refractivity (Wildman–Crippen MR) is 37.3 cm³/mol. The Hall–Kier alpha value is -1.17. The molecule has 1 N–H and O–H groups in total. The van der Waals surface area contributed by atoms with Gasteiger partial charge >= 0.3 is 6.18 Å². The fraction of sp³-hybridized carbons (Fsp3) is 0.250. The average Bonchev–Trinajstić information content (AvgIpc) is 2.07. The van der Waals surface area contributed by atoms with Crippen LogP contribution in [0.3, 0.4) is 0 Å². The summed E-state index contributed by atoms with van der Waals surface area (Å²) in [5.41, 5.74) is -2.18. The Morgan fingerprint density at radius 3 is 2.07 bits per heavy atom. The van der Waals surface area contributed by atoms with Crippen molar-refractivity contribution < 1.29 is 27.1 Å². The molecule has 1 aromatic rings. The van der Waals surface area contributed by atoms with Crippen molar-refractivity contribution in [3.63, 3.8) is 0 Å². The predicted octanol–water partition coefficient (Wildman–Crippen LogP) is 2.48. The summed E-state index contributed by atoms with van der Waals surface area (Å²) in [6.45, 7) is -0.846. The number of halogens is 5. The largest absolute Gasteiger partial charge is 0.419 e. The Labute approximate surface area is 75.8 Å². The third-order valence-electron chi connectivity index (χ3n) is 1.64. The Bertz CT molecular complexity index is 344. The highest BCUT2D eigenvalue weighted by Gasteiger charge is 2.35. The summed E-state index contributed by atoms with van der Waals surface area (Å²) in [5, 5.41) is 8.45. The zero-order valence-electron chi connectivity index (χ0n) is 6.70. The van der Waals surface area contributed by atoms with E-state index in [1.165, 1.54) is 0 Å². The average molecular weight is 212 g/mol. The highest BCUT2D eigenvalue weighted by molar-refractivity contribution is 5.27. The van der Waals surface area contributed by atoms with Crippen molar-refractivity contribution in [2.75, 3.05) is 0 Å². The third kappa shape index (κ3) is 1.84. The minimum Gasteiger partial charge on any atom is -0.392 e. The molecule has 0 aliphatic carbocycles. The molecule has 0 bridgehead atoms. The van der Waals surface area contributed by atoms with Crippen LogP contribution in [0.1, 0.15) is 11.1 Å². The summed E-state index contributed by atoms with van der Waals surface area (Å²) >= 11 is 0. The van der Waals surface area contributed by atoms with Crippen molar-refractivity contribution in [3.8, 4) is 0 Å². The summed E-state index contributed by atoms with van der Waals surface area (Å²) in [5.74, 6) is -3.65. The van der Waals surface area contributed by atoms with Gasteiger partial charge in [0, 0.05) is 5.56 Å². The summed E-state index contributed by atoms with van der Waals surface area (Å²) in [6, 6.07) is 1.09. The zero-order chi connectivity index (χ0) is 10.9. The monoisotopic (exact) mass is 212 g/mol. The van der Waals surface area contributed by atoms with Crippen molar-refractivity contribution in [1.82, 2.24) is 0 Å². The van der Waals surface area contributed by atoms with E-state index in [1.54, 1.807) is 0 Å². The molecule has 0 aromatic heterocycles. The molecule has 1 nitrogen and oxygen atoms in total. The molecular formula is C8H5F5O. The Balaban J connectivity index is 3.31. The lowest BCUT2D eigenvalue weighted by atomic mass is 10.1. The Morgan fingerprint density at radius 1 is 1.07 bits per heavy atom. The van der Waals surface area contributed by atoms with Gasteiger partial charge in [-0.2, -0.15) is 13.2 Å². The molecule has 0 saturated carbocycles. The van der Waals surface area contributed by atoms with Gasteiger partial charge < -0.3 is 5.11 Å². The molecule has 0 radical (unpaired) electrons. The first-order valence-electron chi connectivity index (χ1n) is 3.53. The fourth-order valence-electron chi connectivity index (χ4n) is 0.930. The molecule has 14 heavy (non-hydrogen) atoms. The van der Waals surface area contributed by atoms with E-state index in [2.05, 4.69) is 0 Å². The third-order valence-corrected chi connectivity index (χ3v) is 1.64. The van der Waals surface area contributed by atoms with Gasteiger partial charge in [0.05, 0.1) is 12.2 Å². The van der Waals surface area contributed by atoms with E-state index in [0.717, 1.165) is 0 Å². The molecule has 0 saturated heterocycles. The van der Waals surface area contributed by atoms with E-state index in [1.807, 2.05) is 0 Å². The molecule has 78 valence electrons. The second-order valence-corrected chi connectivity index (χ2v) is 2.56. The van der Waals surface area contributed by atoms with E-state index in [4.69, 9.17) is 5.11 Å². The first-order chi connectivity index (χ1) is 6.38. The molecule has 6 heteroatoms. The van der Waals surface area contributed by atoms with Crippen molar-refractivity contribution >= 4 is 0 Å². The van der Waals surface area contributed by atoms with Crippen molar-refractivity contribution in [3.05, 3.63) is 34.9 Å². The van der Waals surface area contributed by atoms with Gasteiger partial charge in [-0.25, -0.2) is 8.78 Å². The van der Waals surface area contributed by atoms with Crippen LogP contribution in [0.5, 0.6) is 0 Å². The Morgan fingerprint density at radius 2 is 1.64 bits per heavy atom. The molecule has 0 unspecified atom stereocenters. The van der Waals surface area contributed by atoms with E-state index in [9.17, 15) is 22.0 Å². The second kappa shape index (κ2) is 3.53. The number of rotatable bonds is 1. The molecule has 0 heterocycles. The smallest absolute Gasteiger partial charge is 0.392 e. The number of hydrogen-bond acceptors (Lipinski definition) is 1. The van der Waals surface area contributed by atoms with E-state index >= 15 is 0 Å². The highest BCUT2D eigenvalue weighted by atomic mass is 19.4. The van der Waals surface area contributed by atoms with Crippen LogP contribution in [0.2, 0.25) is 0 Å². The topological polar surface area (TPSA) is 20.2 Å². The minimum atomic E-state index is -4.93. The number of aliphatic hydroxyl groups excluding tert-OH is 1. The van der Waals surface area contributed by atoms with Gasteiger partial charge in [-0.1, -0.05) is 6.07 Å². The maximum absolute atomic E-state index is 12.8. The summed E-state index contributed by atoms with van der Waals surface area (Å²) in [6.07, 6.45) is -4.93. The van der Waals surface area contributed by atoms with Crippen molar-refractivity contribution in [2.24, 2.45) is 0 Å². The molecule has 0 aliphatic heterocycles. The van der Waals surface area contributed by atoms with E-state index < -0.39 is 35.5 Å². The first-order valence-corrected chi connectivity index (χ1v) is 3.53. The standard InChI is InChI=1S/C8H5F5O/c9-6-4(3-14)1-2-5(7(6)10)8(11,12)13/h1-2,14H,3H2. The summed E-state index contributed by atoms with van der Waals surface area (Å²) in [7, 11) is 0. The van der Waals surface area contributed by atoms with Crippen LogP contribution in [0.25, 0.3) is 0 Å². The Kier molecular flexibility index (Phi) is 2.75. The van der Waals surface area contributed by atoms with Crippen LogP contribution in [-0.2, 0) is 12.8 Å². The van der Waals surface area contributed by atoms with Crippen molar-refractivity contribution in [1.29, 1.82) is 0 Å². The maximum atomic E-state index is 12.8. The van der Waals surface area contributed by atoms with Gasteiger partial charge in [0.25, 0.3) is 0 Å². The van der Waals surface area contributed by atoms with Crippen LogP contribution in [0.15, 0.2) is 12.1 Å². The maximum Gasteiger partial charge on any atom is 0.419 e. The van der Waals surface area contributed by atoms with Crippen LogP contribution in [0, 0.1) is 11.6 Å². The number of alkyl halides is 3. The van der Waals surface area contributed by atoms with Crippen LogP contribution in [-0.4, -0.2) is 5.11 Å². The van der Waals surface area contributed by atoms with Crippen LogP contribution in [0.4, 0.5) is 22.0 Å². The van der Waals surface area contributed by atoms with Crippen LogP contribution >= 0.6 is 0 Å². The molecular weight excluding hydrogens is 207 g/mol. The molecule has 0 amide bonds. The van der Waals surface area contributed by atoms with Gasteiger partial charge in [-0.3, -0.25) is 0 Å². The minimum absolute atomic E-state index is 0.393. The number of hydrogen-bond donors (Lipinski definition) is 1. The quantitative estimate of drug-likeness (QED) is 0.709. The molecule has 1 rings (SSSR count). The van der Waals surface area contributed by atoms with Gasteiger partial charge in [0.2, 0.25) is 0 Å². The summed E-state index contributed by atoms with van der Waals surface area (Å²) in [4.78, 5) is 0. The second-order valence-electron chi connectivity index (χ2n) is 2.56. The molecule has 1 aromatic carbocycles. The molecule has 0 atom stereocenters. The van der Waals surface area contributed by atoms with Gasteiger partial charge in [-0.05, 0) is 6.07 Å². The van der Waals surface area contributed by atoms with Gasteiger partial charge in [0.15, 0.2) is 11.6 Å². The van der Waals surface area contributed by atoms with Crippen molar-refractivity contribution in [2.45, 2.75) is 12.8 Å². The van der Waals surface area contributed by atoms with E-state index in [0.29, 0.717) is 12.1 Å². The number of aliphatic hydroxyl groups is 1. The number of benzene rings is 1. The lowest BCUT2D eigenvalue weighted by Crippen LogP contribution is -2.10. The molecule has 0 spiro atoms.